The molecule has 1 aromatic carbocycles. The number of rotatable bonds is 7. The molecule has 11 nitrogen and oxygen atoms in total. The van der Waals surface area contributed by atoms with E-state index in [4.69, 9.17) is 0 Å². The number of amides is 1. The van der Waals surface area contributed by atoms with Gasteiger partial charge >= 0.3 is 0 Å². The van der Waals surface area contributed by atoms with E-state index in [-0.39, 0.29) is 16.5 Å². The normalized spacial score (nSPS) is 11.3. The number of nitrogens with zero attached hydrogens (tertiary/aromatic N) is 6. The van der Waals surface area contributed by atoms with Gasteiger partial charge in [-0.1, -0.05) is 0 Å². The zero-order chi connectivity index (χ0) is 22.7. The highest BCUT2D eigenvalue weighted by Gasteiger charge is 2.17. The van der Waals surface area contributed by atoms with Gasteiger partial charge in [-0.25, -0.2) is 23.1 Å². The quantitative estimate of drug-likeness (QED) is 0.438. The van der Waals surface area contributed by atoms with Crippen molar-refractivity contribution in [1.82, 2.24) is 29.5 Å². The number of carbonyl (C=O) groups excluding carboxylic acids is 1. The summed E-state index contributed by atoms with van der Waals surface area (Å²) in [7, 11) is -3.88. The largest absolute Gasteiger partial charge is 0.321 e. The third-order valence-corrected chi connectivity index (χ3v) is 5.70. The van der Waals surface area contributed by atoms with Crippen LogP contribution in [0.1, 0.15) is 21.9 Å². The maximum Gasteiger partial charge on any atom is 0.276 e. The molecule has 0 bridgehead atoms. The van der Waals surface area contributed by atoms with Gasteiger partial charge in [-0.05, 0) is 56.3 Å². The molecule has 0 spiro atoms. The highest BCUT2D eigenvalue weighted by atomic mass is 32.2. The van der Waals surface area contributed by atoms with E-state index in [1.165, 1.54) is 24.3 Å². The lowest BCUT2D eigenvalue weighted by Gasteiger charge is -2.09. The average molecular weight is 453 g/mol. The first-order valence-electron chi connectivity index (χ1n) is 9.56. The van der Waals surface area contributed by atoms with Crippen LogP contribution in [0.15, 0.2) is 66.0 Å². The number of carbonyl (C=O) groups is 1. The van der Waals surface area contributed by atoms with E-state index in [0.29, 0.717) is 23.7 Å². The number of aryl methyl sites for hydroxylation is 2. The summed E-state index contributed by atoms with van der Waals surface area (Å²) >= 11 is 0. The fourth-order valence-electron chi connectivity index (χ4n) is 2.96. The predicted octanol–water partition coefficient (Wildman–Crippen LogP) is 2.05. The predicted molar refractivity (Wildman–Crippen MR) is 117 cm³/mol. The van der Waals surface area contributed by atoms with Crippen molar-refractivity contribution >= 4 is 27.6 Å². The van der Waals surface area contributed by atoms with Crippen molar-refractivity contribution in [3.63, 3.8) is 0 Å². The Morgan fingerprint density at radius 2 is 1.72 bits per heavy atom. The second kappa shape index (κ2) is 8.59. The molecule has 0 unspecified atom stereocenters. The number of anilines is 2. The van der Waals surface area contributed by atoms with Crippen molar-refractivity contribution in [2.75, 3.05) is 10.0 Å². The molecule has 0 saturated heterocycles. The lowest BCUT2D eigenvalue weighted by Crippen LogP contribution is -2.16. The van der Waals surface area contributed by atoms with Crippen LogP contribution < -0.4 is 10.0 Å². The molecule has 0 aliphatic heterocycles. The fraction of sp³-hybridized carbons (Fsp3) is 0.150. The maximum absolute atomic E-state index is 12.6. The summed E-state index contributed by atoms with van der Waals surface area (Å²) in [6.45, 7) is 3.89. The van der Waals surface area contributed by atoms with Crippen LogP contribution in [0.2, 0.25) is 0 Å². The van der Waals surface area contributed by atoms with E-state index in [1.54, 1.807) is 60.0 Å². The van der Waals surface area contributed by atoms with Gasteiger partial charge in [0.25, 0.3) is 15.9 Å². The zero-order valence-electron chi connectivity index (χ0n) is 17.3. The van der Waals surface area contributed by atoms with Gasteiger partial charge in [-0.2, -0.15) is 10.2 Å². The Morgan fingerprint density at radius 1 is 1.00 bits per heavy atom. The molecule has 4 aromatic rings. The van der Waals surface area contributed by atoms with Crippen LogP contribution in [0, 0.1) is 13.8 Å². The molecular formula is C20H20N8O3S. The SMILES string of the molecule is Cc1cc(C)nc(NS(=O)(=O)c2ccc(NC(=O)c3ccn(Cn4cccn4)n3)cc2)n1. The van der Waals surface area contributed by atoms with Crippen LogP contribution in [0.5, 0.6) is 0 Å². The summed E-state index contributed by atoms with van der Waals surface area (Å²) in [5.41, 5.74) is 1.96. The lowest BCUT2D eigenvalue weighted by atomic mass is 10.3. The number of hydrogen-bond acceptors (Lipinski definition) is 7. The van der Waals surface area contributed by atoms with Gasteiger partial charge in [0, 0.05) is 35.7 Å². The molecule has 4 rings (SSSR count). The summed E-state index contributed by atoms with van der Waals surface area (Å²) in [6.07, 6.45) is 5.12. The molecule has 0 radical (unpaired) electrons. The van der Waals surface area contributed by atoms with Crippen LogP contribution in [0.4, 0.5) is 11.6 Å². The van der Waals surface area contributed by atoms with Crippen molar-refractivity contribution in [2.45, 2.75) is 25.4 Å². The van der Waals surface area contributed by atoms with Gasteiger partial charge in [-0.3, -0.25) is 14.2 Å². The summed E-state index contributed by atoms with van der Waals surface area (Å²) in [5, 5.41) is 11.0. The molecule has 3 heterocycles. The molecule has 0 fully saturated rings. The first-order chi connectivity index (χ1) is 15.3. The molecule has 0 atom stereocenters. The monoisotopic (exact) mass is 452 g/mol. The lowest BCUT2D eigenvalue weighted by molar-refractivity contribution is 0.102. The van der Waals surface area contributed by atoms with Crippen LogP contribution in [-0.4, -0.2) is 43.9 Å². The molecule has 3 aromatic heterocycles. The van der Waals surface area contributed by atoms with Gasteiger partial charge in [0.2, 0.25) is 5.95 Å². The van der Waals surface area contributed by atoms with E-state index in [2.05, 4.69) is 30.2 Å². The molecule has 164 valence electrons. The van der Waals surface area contributed by atoms with E-state index >= 15 is 0 Å². The Labute approximate surface area is 184 Å². The van der Waals surface area contributed by atoms with Crippen molar-refractivity contribution < 1.29 is 13.2 Å². The number of aromatic nitrogens is 6. The maximum atomic E-state index is 12.6. The van der Waals surface area contributed by atoms with Crippen molar-refractivity contribution in [3.8, 4) is 0 Å². The second-order valence-corrected chi connectivity index (χ2v) is 8.67. The van der Waals surface area contributed by atoms with Crippen LogP contribution in [0.3, 0.4) is 0 Å². The highest BCUT2D eigenvalue weighted by molar-refractivity contribution is 7.92. The van der Waals surface area contributed by atoms with Crippen molar-refractivity contribution in [1.29, 1.82) is 0 Å². The van der Waals surface area contributed by atoms with Gasteiger partial charge in [-0.15, -0.1) is 0 Å². The van der Waals surface area contributed by atoms with Crippen molar-refractivity contribution in [2.24, 2.45) is 0 Å². The van der Waals surface area contributed by atoms with Gasteiger partial charge in [0.05, 0.1) is 4.90 Å². The van der Waals surface area contributed by atoms with Gasteiger partial charge in [0.1, 0.15) is 6.67 Å². The molecule has 1 amide bonds. The summed E-state index contributed by atoms with van der Waals surface area (Å²) in [4.78, 5) is 20.7. The molecule has 2 N–H and O–H groups in total. The Morgan fingerprint density at radius 3 is 2.38 bits per heavy atom. The van der Waals surface area contributed by atoms with E-state index in [9.17, 15) is 13.2 Å². The van der Waals surface area contributed by atoms with Crippen LogP contribution in [-0.2, 0) is 16.7 Å². The minimum atomic E-state index is -3.88. The first-order valence-corrected chi connectivity index (χ1v) is 11.0. The minimum absolute atomic E-state index is 0.00516. The fourth-order valence-corrected chi connectivity index (χ4v) is 3.90. The third kappa shape index (κ3) is 4.98. The molecule has 32 heavy (non-hydrogen) atoms. The number of benzene rings is 1. The number of nitrogens with one attached hydrogen (secondary N) is 2. The Balaban J connectivity index is 1.42. The van der Waals surface area contributed by atoms with Crippen LogP contribution >= 0.6 is 0 Å². The van der Waals surface area contributed by atoms with Crippen molar-refractivity contribution in [3.05, 3.63) is 78.1 Å². The molecule has 0 saturated carbocycles. The molecule has 12 heteroatoms. The molecule has 0 aliphatic carbocycles. The second-order valence-electron chi connectivity index (χ2n) is 6.99. The average Bonchev–Trinajstić information content (AvgIpc) is 3.40. The highest BCUT2D eigenvalue weighted by Crippen LogP contribution is 2.17. The summed E-state index contributed by atoms with van der Waals surface area (Å²) < 4.78 is 30.8. The Hall–Kier alpha value is -4.06. The topological polar surface area (TPSA) is 137 Å². The summed E-state index contributed by atoms with van der Waals surface area (Å²) in [5.74, 6) is -0.410. The van der Waals surface area contributed by atoms with Gasteiger partial charge in [0.15, 0.2) is 5.69 Å². The van der Waals surface area contributed by atoms with E-state index in [0.717, 1.165) is 0 Å². The first kappa shape index (κ1) is 21.2. The third-order valence-electron chi connectivity index (χ3n) is 4.35. The Bertz CT molecular complexity index is 1330. The van der Waals surface area contributed by atoms with Gasteiger partial charge < -0.3 is 5.32 Å². The molecule has 0 aliphatic rings. The Kier molecular flexibility index (Phi) is 5.69. The van der Waals surface area contributed by atoms with E-state index < -0.39 is 15.9 Å². The number of sulfonamides is 1. The minimum Gasteiger partial charge on any atom is -0.321 e. The summed E-state index contributed by atoms with van der Waals surface area (Å²) in [6, 6.07) is 10.9. The molecular weight excluding hydrogens is 432 g/mol. The standard InChI is InChI=1S/C20H20N8O3S/c1-14-12-15(2)23-20(22-14)26-32(30,31)17-6-4-16(5-7-17)24-19(29)18-8-11-28(25-18)13-27-10-3-9-21-27/h3-12H,13H2,1-2H3,(H,24,29)(H,22,23,26). The van der Waals surface area contributed by atoms with E-state index in [1.807, 2.05) is 0 Å². The smallest absolute Gasteiger partial charge is 0.276 e. The van der Waals surface area contributed by atoms with Crippen LogP contribution in [0.25, 0.3) is 0 Å². The number of hydrogen-bond donors (Lipinski definition) is 2. The zero-order valence-corrected chi connectivity index (χ0v) is 18.1.